The molecular weight excluding hydrogens is 314 g/mol. The molecule has 1 amide bonds. The number of hydrogen-bond acceptors (Lipinski definition) is 4. The number of carbonyl (C=O) groups is 2. The molecule has 132 valence electrons. The number of nitrogens with zero attached hydrogens (tertiary/aromatic N) is 1. The lowest BCUT2D eigenvalue weighted by Crippen LogP contribution is -2.50. The highest BCUT2D eigenvalue weighted by Gasteiger charge is 2.53. The quantitative estimate of drug-likeness (QED) is 0.756. The third-order valence-corrected chi connectivity index (χ3v) is 4.45. The Morgan fingerprint density at radius 2 is 1.83 bits per heavy atom. The largest absolute Gasteiger partial charge is 0.481 e. The zero-order valence-corrected chi connectivity index (χ0v) is 13.9. The maximum absolute atomic E-state index is 11.7. The van der Waals surface area contributed by atoms with Crippen LogP contribution in [0.15, 0.2) is 30.3 Å². The topological polar surface area (TPSA) is 107 Å². The monoisotopic (exact) mass is 337 g/mol. The number of carboxylic acids is 1. The summed E-state index contributed by atoms with van der Waals surface area (Å²) in [5, 5.41) is 29.2. The average Bonchev–Trinajstić information content (AvgIpc) is 2.77. The Balaban J connectivity index is 2.36. The van der Waals surface area contributed by atoms with E-state index in [2.05, 4.69) is 0 Å². The summed E-state index contributed by atoms with van der Waals surface area (Å²) in [5.41, 5.74) is -0.273. The minimum atomic E-state index is -1.32. The van der Waals surface area contributed by atoms with Crippen molar-refractivity contribution in [2.45, 2.75) is 51.2 Å². The summed E-state index contributed by atoms with van der Waals surface area (Å²) in [4.78, 5) is 24.1. The summed E-state index contributed by atoms with van der Waals surface area (Å²) < 4.78 is 5.77. The highest BCUT2D eigenvalue weighted by Crippen LogP contribution is 2.36. The first-order chi connectivity index (χ1) is 11.1. The SMILES string of the molecule is C[C@H](C(=O)O)[C@@H](O)[C@@H]1OC(C)(C)N(C(=O)O)[C@H]1Cc1ccccc1. The molecular formula is C17H23NO6. The molecule has 0 aromatic heterocycles. The van der Waals surface area contributed by atoms with Gasteiger partial charge in [-0.15, -0.1) is 0 Å². The third kappa shape index (κ3) is 3.52. The molecule has 7 heteroatoms. The van der Waals surface area contributed by atoms with Crippen molar-refractivity contribution in [3.8, 4) is 0 Å². The van der Waals surface area contributed by atoms with Gasteiger partial charge in [0.15, 0.2) is 0 Å². The van der Waals surface area contributed by atoms with Gasteiger partial charge in [0.1, 0.15) is 11.8 Å². The molecule has 1 aromatic rings. The number of aliphatic carboxylic acids is 1. The van der Waals surface area contributed by atoms with Gasteiger partial charge in [0.05, 0.1) is 18.1 Å². The van der Waals surface area contributed by atoms with Gasteiger partial charge in [-0.05, 0) is 32.8 Å². The van der Waals surface area contributed by atoms with Gasteiger partial charge in [0, 0.05) is 0 Å². The predicted octanol–water partition coefficient (Wildman–Crippen LogP) is 1.79. The van der Waals surface area contributed by atoms with Crippen LogP contribution in [0.25, 0.3) is 0 Å². The number of amides is 1. The van der Waals surface area contributed by atoms with Crippen LogP contribution in [0.1, 0.15) is 26.3 Å². The lowest BCUT2D eigenvalue weighted by atomic mass is 9.91. The van der Waals surface area contributed by atoms with Gasteiger partial charge in [-0.1, -0.05) is 30.3 Å². The normalized spacial score (nSPS) is 25.2. The van der Waals surface area contributed by atoms with Gasteiger partial charge < -0.3 is 20.1 Å². The number of hydrogen-bond donors (Lipinski definition) is 3. The third-order valence-electron chi connectivity index (χ3n) is 4.45. The van der Waals surface area contributed by atoms with E-state index in [4.69, 9.17) is 9.84 Å². The minimum Gasteiger partial charge on any atom is -0.481 e. The molecule has 0 saturated carbocycles. The molecule has 1 aromatic carbocycles. The van der Waals surface area contributed by atoms with Crippen LogP contribution in [-0.4, -0.2) is 56.3 Å². The van der Waals surface area contributed by atoms with Gasteiger partial charge >= 0.3 is 12.1 Å². The number of carboxylic acid groups (broad SMARTS) is 2. The lowest BCUT2D eigenvalue weighted by Gasteiger charge is -2.31. The second-order valence-electron chi connectivity index (χ2n) is 6.56. The molecule has 0 radical (unpaired) electrons. The van der Waals surface area contributed by atoms with Crippen LogP contribution >= 0.6 is 0 Å². The molecule has 4 atom stereocenters. The van der Waals surface area contributed by atoms with E-state index in [0.717, 1.165) is 10.5 Å². The molecule has 2 rings (SSSR count). The minimum absolute atomic E-state index is 0.324. The van der Waals surface area contributed by atoms with E-state index < -0.39 is 42.0 Å². The number of rotatable bonds is 5. The molecule has 7 nitrogen and oxygen atoms in total. The number of aliphatic hydroxyl groups excluding tert-OH is 1. The van der Waals surface area contributed by atoms with Crippen molar-refractivity contribution in [2.75, 3.05) is 0 Å². The molecule has 3 N–H and O–H groups in total. The van der Waals surface area contributed by atoms with E-state index in [-0.39, 0.29) is 0 Å². The fourth-order valence-electron chi connectivity index (χ4n) is 3.18. The maximum Gasteiger partial charge on any atom is 0.409 e. The van der Waals surface area contributed by atoms with E-state index in [1.807, 2.05) is 30.3 Å². The highest BCUT2D eigenvalue weighted by molar-refractivity contribution is 5.70. The van der Waals surface area contributed by atoms with Crippen LogP contribution in [0.4, 0.5) is 4.79 Å². The second-order valence-corrected chi connectivity index (χ2v) is 6.56. The number of ether oxygens (including phenoxy) is 1. The molecule has 1 aliphatic rings. The summed E-state index contributed by atoms with van der Waals surface area (Å²) in [6.45, 7) is 4.57. The molecule has 24 heavy (non-hydrogen) atoms. The van der Waals surface area contributed by atoms with E-state index in [1.165, 1.54) is 6.92 Å². The summed E-state index contributed by atoms with van der Waals surface area (Å²) in [7, 11) is 0. The van der Waals surface area contributed by atoms with Crippen molar-refractivity contribution in [3.05, 3.63) is 35.9 Å². The Labute approximate surface area is 140 Å². The Kier molecular flexibility index (Phi) is 5.15. The lowest BCUT2D eigenvalue weighted by molar-refractivity contribution is -0.152. The van der Waals surface area contributed by atoms with Crippen LogP contribution in [0, 0.1) is 5.92 Å². The summed E-state index contributed by atoms with van der Waals surface area (Å²) >= 11 is 0. The summed E-state index contributed by atoms with van der Waals surface area (Å²) in [6.07, 6.45) is -3.09. The molecule has 1 heterocycles. The fourth-order valence-corrected chi connectivity index (χ4v) is 3.18. The molecule has 1 aliphatic heterocycles. The van der Waals surface area contributed by atoms with E-state index >= 15 is 0 Å². The van der Waals surface area contributed by atoms with Gasteiger partial charge in [-0.25, -0.2) is 4.79 Å². The van der Waals surface area contributed by atoms with Gasteiger partial charge in [0.25, 0.3) is 0 Å². The van der Waals surface area contributed by atoms with E-state index in [9.17, 15) is 19.8 Å². The van der Waals surface area contributed by atoms with Crippen molar-refractivity contribution >= 4 is 12.1 Å². The first-order valence-corrected chi connectivity index (χ1v) is 7.80. The van der Waals surface area contributed by atoms with Crippen molar-refractivity contribution in [1.29, 1.82) is 0 Å². The Bertz CT molecular complexity index is 602. The average molecular weight is 337 g/mol. The molecule has 1 saturated heterocycles. The zero-order valence-electron chi connectivity index (χ0n) is 13.9. The molecule has 0 bridgehead atoms. The zero-order chi connectivity index (χ0) is 18.1. The van der Waals surface area contributed by atoms with Crippen molar-refractivity contribution in [1.82, 2.24) is 4.90 Å². The van der Waals surface area contributed by atoms with Crippen LogP contribution in [-0.2, 0) is 16.0 Å². The number of aliphatic hydroxyl groups is 1. The fraction of sp³-hybridized carbons (Fsp3) is 0.529. The maximum atomic E-state index is 11.7. The Hall–Kier alpha value is -2.12. The smallest absolute Gasteiger partial charge is 0.409 e. The van der Waals surface area contributed by atoms with Gasteiger partial charge in [-0.3, -0.25) is 9.69 Å². The second kappa shape index (κ2) is 6.78. The molecule has 0 unspecified atom stereocenters. The number of benzene rings is 1. The van der Waals surface area contributed by atoms with Crippen LogP contribution < -0.4 is 0 Å². The van der Waals surface area contributed by atoms with Crippen LogP contribution in [0.3, 0.4) is 0 Å². The van der Waals surface area contributed by atoms with E-state index in [1.54, 1.807) is 13.8 Å². The van der Waals surface area contributed by atoms with Gasteiger partial charge in [0.2, 0.25) is 0 Å². The first kappa shape index (κ1) is 18.2. The highest BCUT2D eigenvalue weighted by atomic mass is 16.6. The standard InChI is InChI=1S/C17H23NO6/c1-10(15(20)21)13(19)14-12(9-11-7-5-4-6-8-11)18(16(22)23)17(2,3)24-14/h4-8,10,12-14,19H,9H2,1-3H3,(H,20,21)(H,22,23)/t10-,12-,13+,14+/m0/s1. The van der Waals surface area contributed by atoms with Crippen molar-refractivity contribution in [2.24, 2.45) is 5.92 Å². The van der Waals surface area contributed by atoms with Gasteiger partial charge in [-0.2, -0.15) is 0 Å². The summed E-state index contributed by atoms with van der Waals surface area (Å²) in [5.74, 6) is -2.23. The van der Waals surface area contributed by atoms with Crippen LogP contribution in [0.2, 0.25) is 0 Å². The van der Waals surface area contributed by atoms with Crippen molar-refractivity contribution in [3.63, 3.8) is 0 Å². The van der Waals surface area contributed by atoms with Crippen molar-refractivity contribution < 1.29 is 29.6 Å². The Morgan fingerprint density at radius 3 is 2.33 bits per heavy atom. The summed E-state index contributed by atoms with van der Waals surface area (Å²) in [6, 6.07) is 8.56. The van der Waals surface area contributed by atoms with E-state index in [0.29, 0.717) is 6.42 Å². The van der Waals surface area contributed by atoms with Crippen LogP contribution in [0.5, 0.6) is 0 Å². The molecule has 0 spiro atoms. The predicted molar refractivity (Wildman–Crippen MR) is 85.6 cm³/mol. The Morgan fingerprint density at radius 1 is 1.25 bits per heavy atom. The first-order valence-electron chi connectivity index (χ1n) is 7.80. The molecule has 1 fully saturated rings. The molecule has 0 aliphatic carbocycles.